The molecule has 0 aromatic rings. The van der Waals surface area contributed by atoms with E-state index >= 15 is 0 Å². The van der Waals surface area contributed by atoms with Gasteiger partial charge in [0.25, 0.3) is 0 Å². The maximum absolute atomic E-state index is 12.2. The number of carbonyl (C=O) groups excluding carboxylic acids is 1. The molecule has 0 bridgehead atoms. The zero-order chi connectivity index (χ0) is 12.4. The van der Waals surface area contributed by atoms with Crippen molar-refractivity contribution in [2.75, 3.05) is 19.6 Å². The van der Waals surface area contributed by atoms with Crippen LogP contribution in [0.4, 0.5) is 0 Å². The number of nitrogens with zero attached hydrogens (tertiary/aromatic N) is 1. The minimum absolute atomic E-state index is 0.411. The van der Waals surface area contributed by atoms with Crippen molar-refractivity contribution in [3.05, 3.63) is 0 Å². The number of likely N-dealkylation sites (tertiary alicyclic amines) is 1. The van der Waals surface area contributed by atoms with Gasteiger partial charge in [-0.25, -0.2) is 0 Å². The summed E-state index contributed by atoms with van der Waals surface area (Å²) in [7, 11) is 0. The Morgan fingerprint density at radius 3 is 2.33 bits per heavy atom. The van der Waals surface area contributed by atoms with Crippen molar-refractivity contribution in [3.63, 3.8) is 0 Å². The van der Waals surface area contributed by atoms with Gasteiger partial charge in [-0.1, -0.05) is 32.1 Å². The van der Waals surface area contributed by atoms with Gasteiger partial charge in [-0.05, 0) is 44.1 Å². The first-order valence-electron chi connectivity index (χ1n) is 8.08. The van der Waals surface area contributed by atoms with E-state index in [1.54, 1.807) is 0 Å². The van der Waals surface area contributed by atoms with Gasteiger partial charge in [0.15, 0.2) is 0 Å². The Bertz CT molecular complexity index is 295. The monoisotopic (exact) mass is 249 g/mol. The fourth-order valence-electron chi connectivity index (χ4n) is 4.42. The lowest BCUT2D eigenvalue weighted by molar-refractivity contribution is -0.124. The van der Waals surface area contributed by atoms with Crippen molar-refractivity contribution in [3.8, 4) is 0 Å². The van der Waals surface area contributed by atoms with Crippen LogP contribution in [0.3, 0.4) is 0 Å². The summed E-state index contributed by atoms with van der Waals surface area (Å²) in [5, 5.41) is 0. The number of hydrogen-bond donors (Lipinski definition) is 0. The Morgan fingerprint density at radius 1 is 0.889 bits per heavy atom. The average molecular weight is 249 g/mol. The first-order chi connectivity index (χ1) is 8.83. The van der Waals surface area contributed by atoms with Crippen molar-refractivity contribution in [1.29, 1.82) is 0 Å². The minimum Gasteiger partial charge on any atom is -0.298 e. The van der Waals surface area contributed by atoms with E-state index in [9.17, 15) is 4.79 Å². The number of ketones is 1. The van der Waals surface area contributed by atoms with Crippen molar-refractivity contribution >= 4 is 5.78 Å². The predicted octanol–water partition coefficient (Wildman–Crippen LogP) is 3.26. The number of Topliss-reactive ketones (excluding diaryl/α,β-unsaturated/α-hetero) is 1. The van der Waals surface area contributed by atoms with E-state index in [1.807, 2.05) is 0 Å². The molecule has 102 valence electrons. The number of piperidine rings is 1. The van der Waals surface area contributed by atoms with E-state index in [-0.39, 0.29) is 0 Å². The maximum Gasteiger partial charge on any atom is 0.149 e. The zero-order valence-corrected chi connectivity index (χ0v) is 11.6. The van der Waals surface area contributed by atoms with Crippen LogP contribution in [-0.2, 0) is 4.79 Å². The second-order valence-corrected chi connectivity index (χ2v) is 6.78. The molecule has 2 aliphatic carbocycles. The number of rotatable bonds is 3. The quantitative estimate of drug-likeness (QED) is 0.765. The predicted molar refractivity (Wildman–Crippen MR) is 73.5 cm³/mol. The van der Waals surface area contributed by atoms with E-state index < -0.39 is 0 Å². The topological polar surface area (TPSA) is 20.3 Å². The van der Waals surface area contributed by atoms with E-state index in [1.165, 1.54) is 70.9 Å². The highest BCUT2D eigenvalue weighted by atomic mass is 16.1. The number of carbonyl (C=O) groups is 1. The number of hydrogen-bond acceptors (Lipinski definition) is 2. The molecule has 2 unspecified atom stereocenters. The highest BCUT2D eigenvalue weighted by Crippen LogP contribution is 2.36. The van der Waals surface area contributed by atoms with E-state index in [0.717, 1.165) is 18.4 Å². The molecule has 18 heavy (non-hydrogen) atoms. The van der Waals surface area contributed by atoms with Gasteiger partial charge in [0.1, 0.15) is 5.78 Å². The van der Waals surface area contributed by atoms with Crippen LogP contribution < -0.4 is 0 Å². The molecule has 3 fully saturated rings. The van der Waals surface area contributed by atoms with Gasteiger partial charge < -0.3 is 0 Å². The van der Waals surface area contributed by atoms with E-state index in [2.05, 4.69) is 4.90 Å². The Hall–Kier alpha value is -0.370. The third-order valence-corrected chi connectivity index (χ3v) is 5.57. The number of fused-ring (bicyclic) bond motifs is 1. The van der Waals surface area contributed by atoms with Crippen LogP contribution in [-0.4, -0.2) is 30.3 Å². The van der Waals surface area contributed by atoms with Gasteiger partial charge in [0.05, 0.1) is 6.54 Å². The average Bonchev–Trinajstić information content (AvgIpc) is 2.92. The molecule has 3 aliphatic rings. The van der Waals surface area contributed by atoms with Crippen LogP contribution in [0.2, 0.25) is 0 Å². The second kappa shape index (κ2) is 5.73. The molecule has 0 spiro atoms. The summed E-state index contributed by atoms with van der Waals surface area (Å²) >= 11 is 0. The highest BCUT2D eigenvalue weighted by molar-refractivity contribution is 5.83. The van der Waals surface area contributed by atoms with Gasteiger partial charge in [-0.3, -0.25) is 9.69 Å². The van der Waals surface area contributed by atoms with Crippen LogP contribution in [0.25, 0.3) is 0 Å². The lowest BCUT2D eigenvalue weighted by Gasteiger charge is -2.41. The Kier molecular flexibility index (Phi) is 4.03. The molecular formula is C16H27NO. The molecule has 0 aromatic carbocycles. The molecule has 1 heterocycles. The lowest BCUT2D eigenvalue weighted by Crippen LogP contribution is -2.44. The molecule has 1 aliphatic heterocycles. The van der Waals surface area contributed by atoms with E-state index in [4.69, 9.17) is 0 Å². The van der Waals surface area contributed by atoms with Gasteiger partial charge >= 0.3 is 0 Å². The minimum atomic E-state index is 0.411. The summed E-state index contributed by atoms with van der Waals surface area (Å²) in [4.78, 5) is 14.7. The van der Waals surface area contributed by atoms with Gasteiger partial charge in [-0.15, -0.1) is 0 Å². The molecule has 2 saturated carbocycles. The van der Waals surface area contributed by atoms with Gasteiger partial charge in [0.2, 0.25) is 0 Å². The van der Waals surface area contributed by atoms with Crippen LogP contribution in [0.15, 0.2) is 0 Å². The van der Waals surface area contributed by atoms with Crippen molar-refractivity contribution < 1.29 is 4.79 Å². The first-order valence-corrected chi connectivity index (χ1v) is 8.08. The van der Waals surface area contributed by atoms with Crippen molar-refractivity contribution in [2.45, 2.75) is 57.8 Å². The Morgan fingerprint density at radius 2 is 1.56 bits per heavy atom. The summed E-state index contributed by atoms with van der Waals surface area (Å²) in [5.41, 5.74) is 0. The van der Waals surface area contributed by atoms with Crippen LogP contribution in [0.5, 0.6) is 0 Å². The van der Waals surface area contributed by atoms with Gasteiger partial charge in [-0.2, -0.15) is 0 Å². The fourth-order valence-corrected chi connectivity index (χ4v) is 4.42. The third-order valence-electron chi connectivity index (χ3n) is 5.57. The van der Waals surface area contributed by atoms with E-state index in [0.29, 0.717) is 11.7 Å². The van der Waals surface area contributed by atoms with Crippen molar-refractivity contribution in [2.24, 2.45) is 17.8 Å². The van der Waals surface area contributed by atoms with Crippen LogP contribution in [0, 0.1) is 17.8 Å². The second-order valence-electron chi connectivity index (χ2n) is 6.78. The molecule has 0 radical (unpaired) electrons. The van der Waals surface area contributed by atoms with Crippen molar-refractivity contribution in [1.82, 2.24) is 4.90 Å². The Labute approximate surface area is 111 Å². The Balaban J connectivity index is 1.49. The van der Waals surface area contributed by atoms with Gasteiger partial charge in [0, 0.05) is 12.5 Å². The molecular weight excluding hydrogens is 222 g/mol. The molecule has 0 amide bonds. The first kappa shape index (κ1) is 12.7. The maximum atomic E-state index is 12.2. The molecule has 2 nitrogen and oxygen atoms in total. The summed E-state index contributed by atoms with van der Waals surface area (Å²) in [5.74, 6) is 2.84. The molecule has 1 saturated heterocycles. The molecule has 0 aromatic heterocycles. The lowest BCUT2D eigenvalue weighted by atomic mass is 9.75. The van der Waals surface area contributed by atoms with Crippen LogP contribution >= 0.6 is 0 Å². The fraction of sp³-hybridized carbons (Fsp3) is 0.938. The normalized spacial score (nSPS) is 34.4. The summed E-state index contributed by atoms with van der Waals surface area (Å²) < 4.78 is 0. The summed E-state index contributed by atoms with van der Waals surface area (Å²) in [6, 6.07) is 0. The summed E-state index contributed by atoms with van der Waals surface area (Å²) in [6.45, 7) is 3.15. The zero-order valence-electron chi connectivity index (χ0n) is 11.6. The standard InChI is InChI=1S/C16H27NO/c18-16(14-6-2-3-7-14)12-17-10-9-13-5-1-4-8-15(13)11-17/h13-15H,1-12H2. The largest absolute Gasteiger partial charge is 0.298 e. The molecule has 3 rings (SSSR count). The molecule has 0 N–H and O–H groups in total. The smallest absolute Gasteiger partial charge is 0.149 e. The molecule has 2 atom stereocenters. The molecule has 2 heteroatoms. The summed E-state index contributed by atoms with van der Waals surface area (Å²) in [6.07, 6.45) is 12.0. The highest BCUT2D eigenvalue weighted by Gasteiger charge is 2.32. The van der Waals surface area contributed by atoms with Crippen LogP contribution in [0.1, 0.15) is 57.8 Å². The SMILES string of the molecule is O=C(CN1CCC2CCCCC2C1)C1CCCC1. The third kappa shape index (κ3) is 2.79.